The molecule has 2 heterocycles. The number of aromatic nitrogens is 3. The summed E-state index contributed by atoms with van der Waals surface area (Å²) in [6.07, 6.45) is 0.248. The lowest BCUT2D eigenvalue weighted by molar-refractivity contribution is -0.136. The van der Waals surface area contributed by atoms with E-state index in [1.165, 1.54) is 0 Å². The Kier molecular flexibility index (Phi) is 7.88. The predicted octanol–water partition coefficient (Wildman–Crippen LogP) is 7.14. The number of H-pyrrole nitrogens is 1. The fourth-order valence-corrected chi connectivity index (χ4v) is 4.29. The zero-order chi connectivity index (χ0) is 28.1. The smallest absolute Gasteiger partial charge is 0.389 e. The summed E-state index contributed by atoms with van der Waals surface area (Å²) in [7, 11) is 1.66. The first-order valence-corrected chi connectivity index (χ1v) is 12.6. The third kappa shape index (κ3) is 6.52. The second-order valence-electron chi connectivity index (χ2n) is 9.28. The first kappa shape index (κ1) is 27.0. The van der Waals surface area contributed by atoms with Crippen molar-refractivity contribution >= 4 is 22.5 Å². The average Bonchev–Trinajstić information content (AvgIpc) is 3.59. The number of carbonyl (C=O) groups is 1. The van der Waals surface area contributed by atoms with Crippen LogP contribution in [0.3, 0.4) is 0 Å². The molecule has 0 aliphatic carbocycles. The molecule has 1 amide bonds. The van der Waals surface area contributed by atoms with Crippen LogP contribution >= 0.6 is 0 Å². The highest BCUT2D eigenvalue weighted by molar-refractivity contribution is 6.09. The SMILES string of the molecule is COCc1ccc(-n2cc(-c3ccc4[nH]cc(NC(=O)c5ccc(OCCCC(F)(F)F)cc5)c4c3)cn2)cc1. The van der Waals surface area contributed by atoms with E-state index in [2.05, 4.69) is 15.4 Å². The van der Waals surface area contributed by atoms with Crippen LogP contribution in [-0.2, 0) is 11.3 Å². The lowest BCUT2D eigenvalue weighted by Gasteiger charge is -2.09. The van der Waals surface area contributed by atoms with Crippen LogP contribution in [0.15, 0.2) is 85.3 Å². The Balaban J connectivity index is 1.26. The van der Waals surface area contributed by atoms with Gasteiger partial charge in [0.05, 0.1) is 30.8 Å². The third-order valence-electron chi connectivity index (χ3n) is 6.35. The molecule has 206 valence electrons. The van der Waals surface area contributed by atoms with Crippen molar-refractivity contribution in [3.05, 3.63) is 96.4 Å². The summed E-state index contributed by atoms with van der Waals surface area (Å²) in [5, 5.41) is 8.27. The fraction of sp³-hybridized carbons (Fsp3) is 0.200. The molecule has 0 spiro atoms. The van der Waals surface area contributed by atoms with Gasteiger partial charge < -0.3 is 19.8 Å². The van der Waals surface area contributed by atoms with E-state index in [9.17, 15) is 18.0 Å². The molecule has 5 rings (SSSR count). The van der Waals surface area contributed by atoms with Crippen molar-refractivity contribution < 1.29 is 27.4 Å². The number of carbonyl (C=O) groups excluding carboxylic acids is 1. The number of benzene rings is 3. The molecule has 0 saturated heterocycles. The molecule has 3 aromatic carbocycles. The Morgan fingerprint density at radius 1 is 1.02 bits per heavy atom. The number of alkyl halides is 3. The van der Waals surface area contributed by atoms with Gasteiger partial charge >= 0.3 is 6.18 Å². The first-order valence-electron chi connectivity index (χ1n) is 12.6. The number of amides is 1. The van der Waals surface area contributed by atoms with Gasteiger partial charge in [0, 0.05) is 48.0 Å². The summed E-state index contributed by atoms with van der Waals surface area (Å²) in [6.45, 7) is 0.497. The van der Waals surface area contributed by atoms with Crippen molar-refractivity contribution in [1.29, 1.82) is 0 Å². The van der Waals surface area contributed by atoms with Crippen molar-refractivity contribution in [3.63, 3.8) is 0 Å². The summed E-state index contributed by atoms with van der Waals surface area (Å²) in [4.78, 5) is 16.1. The predicted molar refractivity (Wildman–Crippen MR) is 147 cm³/mol. The monoisotopic (exact) mass is 548 g/mol. The molecule has 0 aliphatic heterocycles. The Labute approximate surface area is 228 Å². The number of methoxy groups -OCH3 is 1. The fourth-order valence-electron chi connectivity index (χ4n) is 4.29. The Bertz CT molecular complexity index is 1590. The number of fused-ring (bicyclic) bond motifs is 1. The zero-order valence-electron chi connectivity index (χ0n) is 21.7. The van der Waals surface area contributed by atoms with Crippen LogP contribution in [0.1, 0.15) is 28.8 Å². The van der Waals surface area contributed by atoms with Gasteiger partial charge in [-0.2, -0.15) is 18.3 Å². The van der Waals surface area contributed by atoms with Gasteiger partial charge in [-0.25, -0.2) is 4.68 Å². The molecule has 2 aromatic heterocycles. The topological polar surface area (TPSA) is 81.2 Å². The van der Waals surface area contributed by atoms with Gasteiger partial charge in [0.2, 0.25) is 0 Å². The number of nitrogens with one attached hydrogen (secondary N) is 2. The average molecular weight is 549 g/mol. The van der Waals surface area contributed by atoms with Crippen LogP contribution in [0.25, 0.3) is 27.7 Å². The van der Waals surface area contributed by atoms with Gasteiger partial charge in [-0.15, -0.1) is 0 Å². The third-order valence-corrected chi connectivity index (χ3v) is 6.35. The zero-order valence-corrected chi connectivity index (χ0v) is 21.7. The molecule has 0 radical (unpaired) electrons. The summed E-state index contributed by atoms with van der Waals surface area (Å²) >= 11 is 0. The maximum atomic E-state index is 12.9. The summed E-state index contributed by atoms with van der Waals surface area (Å²) in [5.41, 5.74) is 5.75. The minimum Gasteiger partial charge on any atom is -0.494 e. The number of hydrogen-bond acceptors (Lipinski definition) is 4. The number of anilines is 1. The molecular weight excluding hydrogens is 521 g/mol. The molecule has 7 nitrogen and oxygen atoms in total. The van der Waals surface area contributed by atoms with Crippen molar-refractivity contribution in [1.82, 2.24) is 14.8 Å². The standard InChI is InChI=1S/C30H27F3N4O3/c1-39-19-20-3-8-24(9-4-20)37-18-23(16-35-37)22-7-12-27-26(15-22)28(17-34-27)36-29(38)21-5-10-25(11-6-21)40-14-2-13-30(31,32)33/h3-12,15-18,34H,2,13-14,19H2,1H3,(H,36,38). The summed E-state index contributed by atoms with van der Waals surface area (Å²) in [6, 6.07) is 20.2. The largest absolute Gasteiger partial charge is 0.494 e. The first-order chi connectivity index (χ1) is 19.3. The molecule has 5 aromatic rings. The van der Waals surface area contributed by atoms with Crippen LogP contribution in [0.2, 0.25) is 0 Å². The van der Waals surface area contributed by atoms with E-state index < -0.39 is 12.6 Å². The van der Waals surface area contributed by atoms with E-state index in [0.717, 1.165) is 33.3 Å². The van der Waals surface area contributed by atoms with Crippen molar-refractivity contribution in [2.45, 2.75) is 25.6 Å². The van der Waals surface area contributed by atoms with E-state index >= 15 is 0 Å². The molecule has 0 bridgehead atoms. The number of hydrogen-bond donors (Lipinski definition) is 2. The minimum absolute atomic E-state index is 0.0533. The van der Waals surface area contributed by atoms with Gasteiger partial charge in [0.15, 0.2) is 0 Å². The van der Waals surface area contributed by atoms with Crippen LogP contribution in [0, 0.1) is 0 Å². The molecule has 0 unspecified atom stereocenters. The van der Waals surface area contributed by atoms with Gasteiger partial charge in [0.1, 0.15) is 5.75 Å². The van der Waals surface area contributed by atoms with Crippen LogP contribution in [-0.4, -0.2) is 40.6 Å². The van der Waals surface area contributed by atoms with Crippen molar-refractivity contribution in [2.24, 2.45) is 0 Å². The number of halogens is 3. The van der Waals surface area contributed by atoms with E-state index in [1.807, 2.05) is 48.7 Å². The van der Waals surface area contributed by atoms with Gasteiger partial charge in [0.25, 0.3) is 5.91 Å². The number of rotatable bonds is 10. The van der Waals surface area contributed by atoms with Crippen LogP contribution < -0.4 is 10.1 Å². The van der Waals surface area contributed by atoms with Gasteiger partial charge in [-0.1, -0.05) is 18.2 Å². The highest BCUT2D eigenvalue weighted by atomic mass is 19.4. The quantitative estimate of drug-likeness (QED) is 0.182. The Morgan fingerprint density at radius 3 is 2.52 bits per heavy atom. The molecule has 0 aliphatic rings. The van der Waals surface area contributed by atoms with Gasteiger partial charge in [-0.05, 0) is 66.1 Å². The molecule has 0 atom stereocenters. The van der Waals surface area contributed by atoms with Gasteiger partial charge in [-0.3, -0.25) is 4.79 Å². The highest BCUT2D eigenvalue weighted by Gasteiger charge is 2.26. The number of aromatic amines is 1. The Hall–Kier alpha value is -4.57. The molecule has 0 fully saturated rings. The van der Waals surface area contributed by atoms with Crippen LogP contribution in [0.5, 0.6) is 5.75 Å². The molecule has 40 heavy (non-hydrogen) atoms. The van der Waals surface area contributed by atoms with E-state index in [4.69, 9.17) is 9.47 Å². The van der Waals surface area contributed by atoms with Crippen LogP contribution in [0.4, 0.5) is 18.9 Å². The Morgan fingerprint density at radius 2 is 1.80 bits per heavy atom. The maximum Gasteiger partial charge on any atom is 0.389 e. The lowest BCUT2D eigenvalue weighted by atomic mass is 10.1. The van der Waals surface area contributed by atoms with E-state index in [-0.39, 0.29) is 18.9 Å². The van der Waals surface area contributed by atoms with E-state index in [1.54, 1.807) is 48.5 Å². The molecule has 2 N–H and O–H groups in total. The maximum absolute atomic E-state index is 12.9. The van der Waals surface area contributed by atoms with Crippen molar-refractivity contribution in [2.75, 3.05) is 19.0 Å². The lowest BCUT2D eigenvalue weighted by Crippen LogP contribution is -2.12. The second-order valence-corrected chi connectivity index (χ2v) is 9.28. The summed E-state index contributed by atoms with van der Waals surface area (Å²) < 4.78 is 49.1. The number of nitrogens with zero attached hydrogens (tertiary/aromatic N) is 2. The normalized spacial score (nSPS) is 11.6. The van der Waals surface area contributed by atoms with E-state index in [0.29, 0.717) is 23.6 Å². The molecule has 0 saturated carbocycles. The highest BCUT2D eigenvalue weighted by Crippen LogP contribution is 2.30. The van der Waals surface area contributed by atoms with Crippen molar-refractivity contribution in [3.8, 4) is 22.6 Å². The molecular formula is C30H27F3N4O3. The number of ether oxygens (including phenoxy) is 2. The summed E-state index contributed by atoms with van der Waals surface area (Å²) in [5.74, 6) is 0.0848. The minimum atomic E-state index is -4.20. The molecule has 10 heteroatoms. The second kappa shape index (κ2) is 11.7.